The van der Waals surface area contributed by atoms with E-state index in [1.165, 1.54) is 12.8 Å². The number of anilines is 1. The summed E-state index contributed by atoms with van der Waals surface area (Å²) in [6.07, 6.45) is 5.53. The summed E-state index contributed by atoms with van der Waals surface area (Å²) < 4.78 is 2.24. The number of nitrogens with one attached hydrogen (secondary N) is 1. The fourth-order valence-electron chi connectivity index (χ4n) is 3.72. The first-order valence-electron chi connectivity index (χ1n) is 9.16. The normalized spacial score (nSPS) is 13.3. The molecular weight excluding hydrogens is 322 g/mol. The summed E-state index contributed by atoms with van der Waals surface area (Å²) in [6, 6.07) is 13.8. The summed E-state index contributed by atoms with van der Waals surface area (Å²) in [5, 5.41) is 3.10. The summed E-state index contributed by atoms with van der Waals surface area (Å²) in [7, 11) is 0. The van der Waals surface area contributed by atoms with Gasteiger partial charge in [-0.15, -0.1) is 0 Å². The largest absolute Gasteiger partial charge is 0.334 e. The molecule has 0 radical (unpaired) electrons. The number of rotatable bonds is 3. The van der Waals surface area contributed by atoms with Gasteiger partial charge in [0, 0.05) is 30.3 Å². The van der Waals surface area contributed by atoms with Gasteiger partial charge < -0.3 is 9.88 Å². The Morgan fingerprint density at radius 1 is 1.04 bits per heavy atom. The molecule has 0 saturated heterocycles. The summed E-state index contributed by atoms with van der Waals surface area (Å²) in [5.74, 6) is 1.07. The summed E-state index contributed by atoms with van der Waals surface area (Å²) in [6.45, 7) is 4.97. The summed E-state index contributed by atoms with van der Waals surface area (Å²) in [4.78, 5) is 17.7. The second kappa shape index (κ2) is 6.79. The van der Waals surface area contributed by atoms with Crippen LogP contribution in [0.1, 0.15) is 40.2 Å². The number of para-hydroxylation sites is 1. The molecule has 4 heteroatoms. The van der Waals surface area contributed by atoms with E-state index in [-0.39, 0.29) is 5.91 Å². The van der Waals surface area contributed by atoms with Gasteiger partial charge in [0.2, 0.25) is 0 Å². The number of hydrogen-bond donors (Lipinski definition) is 1. The number of carbonyl (C=O) groups is 1. The third kappa shape index (κ3) is 3.03. The van der Waals surface area contributed by atoms with Gasteiger partial charge >= 0.3 is 0 Å². The molecule has 26 heavy (non-hydrogen) atoms. The van der Waals surface area contributed by atoms with E-state index in [4.69, 9.17) is 4.98 Å². The SMILES string of the molecule is Cc1cccc(C)c1C(=O)Nc1ccccc1-c1cn2c(n1)CCCC2. The van der Waals surface area contributed by atoms with E-state index in [1.54, 1.807) is 0 Å². The Morgan fingerprint density at radius 3 is 2.58 bits per heavy atom. The number of aryl methyl sites for hydroxylation is 4. The van der Waals surface area contributed by atoms with Crippen LogP contribution in [-0.4, -0.2) is 15.5 Å². The van der Waals surface area contributed by atoms with Crippen LogP contribution in [0.5, 0.6) is 0 Å². The van der Waals surface area contributed by atoms with E-state index >= 15 is 0 Å². The average molecular weight is 345 g/mol. The zero-order valence-electron chi connectivity index (χ0n) is 15.2. The van der Waals surface area contributed by atoms with Crippen molar-refractivity contribution in [1.82, 2.24) is 9.55 Å². The minimum absolute atomic E-state index is 0.0722. The lowest BCUT2D eigenvalue weighted by Gasteiger charge is -2.13. The number of benzene rings is 2. The molecule has 0 aliphatic carbocycles. The van der Waals surface area contributed by atoms with Crippen LogP contribution < -0.4 is 5.32 Å². The molecule has 0 fully saturated rings. The maximum Gasteiger partial charge on any atom is 0.256 e. The van der Waals surface area contributed by atoms with Gasteiger partial charge in [0.15, 0.2) is 0 Å². The minimum atomic E-state index is -0.0722. The van der Waals surface area contributed by atoms with Crippen molar-refractivity contribution in [3.05, 3.63) is 71.2 Å². The smallest absolute Gasteiger partial charge is 0.256 e. The zero-order chi connectivity index (χ0) is 18.1. The lowest BCUT2D eigenvalue weighted by atomic mass is 10.0. The topological polar surface area (TPSA) is 46.9 Å². The lowest BCUT2D eigenvalue weighted by molar-refractivity contribution is 0.102. The van der Waals surface area contributed by atoms with E-state index in [0.29, 0.717) is 0 Å². The van der Waals surface area contributed by atoms with Gasteiger partial charge in [-0.25, -0.2) is 4.98 Å². The van der Waals surface area contributed by atoms with Crippen LogP contribution in [0.15, 0.2) is 48.7 Å². The molecule has 0 atom stereocenters. The number of amides is 1. The van der Waals surface area contributed by atoms with Gasteiger partial charge in [0.25, 0.3) is 5.91 Å². The van der Waals surface area contributed by atoms with Gasteiger partial charge in [-0.3, -0.25) is 4.79 Å². The van der Waals surface area contributed by atoms with Gasteiger partial charge in [-0.05, 0) is 43.9 Å². The van der Waals surface area contributed by atoms with Crippen molar-refractivity contribution in [1.29, 1.82) is 0 Å². The predicted octanol–water partition coefficient (Wildman–Crippen LogP) is 4.76. The van der Waals surface area contributed by atoms with Crippen molar-refractivity contribution in [3.63, 3.8) is 0 Å². The van der Waals surface area contributed by atoms with Crippen LogP contribution in [0.3, 0.4) is 0 Å². The maximum absolute atomic E-state index is 12.9. The Morgan fingerprint density at radius 2 is 1.81 bits per heavy atom. The van der Waals surface area contributed by atoms with Crippen LogP contribution in [0.25, 0.3) is 11.3 Å². The molecule has 4 nitrogen and oxygen atoms in total. The van der Waals surface area contributed by atoms with E-state index in [9.17, 15) is 4.79 Å². The molecule has 0 bridgehead atoms. The standard InChI is InChI=1S/C22H23N3O/c1-15-8-7-9-16(2)21(15)22(26)24-18-11-4-3-10-17(18)19-14-25-13-6-5-12-20(25)23-19/h3-4,7-11,14H,5-6,12-13H2,1-2H3,(H,24,26). The third-order valence-electron chi connectivity index (χ3n) is 5.07. The van der Waals surface area contributed by atoms with Crippen molar-refractivity contribution in [2.75, 3.05) is 5.32 Å². The number of nitrogens with zero attached hydrogens (tertiary/aromatic N) is 2. The maximum atomic E-state index is 12.9. The Balaban J connectivity index is 1.68. The summed E-state index contributed by atoms with van der Waals surface area (Å²) >= 11 is 0. The van der Waals surface area contributed by atoms with E-state index < -0.39 is 0 Å². The Labute approximate surface area is 153 Å². The second-order valence-corrected chi connectivity index (χ2v) is 6.96. The number of aromatic nitrogens is 2. The van der Waals surface area contributed by atoms with Crippen molar-refractivity contribution < 1.29 is 4.79 Å². The van der Waals surface area contributed by atoms with Gasteiger partial charge in [0.1, 0.15) is 5.82 Å². The molecule has 1 aliphatic rings. The van der Waals surface area contributed by atoms with Crippen molar-refractivity contribution in [2.45, 2.75) is 39.7 Å². The van der Waals surface area contributed by atoms with Gasteiger partial charge in [-0.1, -0.05) is 36.4 Å². The monoisotopic (exact) mass is 345 g/mol. The fraction of sp³-hybridized carbons (Fsp3) is 0.273. The molecule has 0 unspecified atom stereocenters. The van der Waals surface area contributed by atoms with Crippen molar-refractivity contribution in [3.8, 4) is 11.3 Å². The predicted molar refractivity (Wildman–Crippen MR) is 104 cm³/mol. The minimum Gasteiger partial charge on any atom is -0.334 e. The Bertz CT molecular complexity index is 928. The molecule has 1 amide bonds. The van der Waals surface area contributed by atoms with Crippen LogP contribution in [0.2, 0.25) is 0 Å². The Hall–Kier alpha value is -2.88. The fourth-order valence-corrected chi connectivity index (χ4v) is 3.72. The zero-order valence-corrected chi connectivity index (χ0v) is 15.2. The first-order valence-corrected chi connectivity index (χ1v) is 9.16. The molecule has 1 aromatic heterocycles. The molecule has 4 rings (SSSR count). The van der Waals surface area contributed by atoms with Crippen LogP contribution >= 0.6 is 0 Å². The number of fused-ring (bicyclic) bond motifs is 1. The molecule has 2 heterocycles. The highest BCUT2D eigenvalue weighted by Crippen LogP contribution is 2.29. The highest BCUT2D eigenvalue weighted by Gasteiger charge is 2.17. The van der Waals surface area contributed by atoms with E-state index in [0.717, 1.165) is 52.4 Å². The molecule has 132 valence electrons. The van der Waals surface area contributed by atoms with Crippen LogP contribution in [0.4, 0.5) is 5.69 Å². The molecule has 1 N–H and O–H groups in total. The lowest BCUT2D eigenvalue weighted by Crippen LogP contribution is -2.15. The average Bonchev–Trinajstić information content (AvgIpc) is 3.06. The number of hydrogen-bond acceptors (Lipinski definition) is 2. The Kier molecular flexibility index (Phi) is 4.33. The third-order valence-corrected chi connectivity index (χ3v) is 5.07. The first kappa shape index (κ1) is 16.6. The van der Waals surface area contributed by atoms with Crippen molar-refractivity contribution in [2.24, 2.45) is 0 Å². The molecule has 3 aromatic rings. The van der Waals surface area contributed by atoms with E-state index in [1.807, 2.05) is 56.3 Å². The van der Waals surface area contributed by atoms with Crippen LogP contribution in [0, 0.1) is 13.8 Å². The first-order chi connectivity index (χ1) is 12.6. The van der Waals surface area contributed by atoms with Gasteiger partial charge in [0.05, 0.1) is 11.4 Å². The highest BCUT2D eigenvalue weighted by atomic mass is 16.1. The second-order valence-electron chi connectivity index (χ2n) is 6.96. The number of carbonyl (C=O) groups excluding carboxylic acids is 1. The summed E-state index contributed by atoms with van der Waals surface area (Å²) in [5.41, 5.74) is 5.41. The van der Waals surface area contributed by atoms with Crippen molar-refractivity contribution >= 4 is 11.6 Å². The molecule has 1 aliphatic heterocycles. The van der Waals surface area contributed by atoms with E-state index in [2.05, 4.69) is 16.1 Å². The molecule has 2 aromatic carbocycles. The van der Waals surface area contributed by atoms with Gasteiger partial charge in [-0.2, -0.15) is 0 Å². The molecule has 0 saturated carbocycles. The molecule has 0 spiro atoms. The number of imidazole rings is 1. The quantitative estimate of drug-likeness (QED) is 0.744. The highest BCUT2D eigenvalue weighted by molar-refractivity contribution is 6.07. The van der Waals surface area contributed by atoms with Crippen LogP contribution in [-0.2, 0) is 13.0 Å². The molecular formula is C22H23N3O.